The lowest BCUT2D eigenvalue weighted by Gasteiger charge is -2.40. The number of carbonyl (C=O) groups is 1. The summed E-state index contributed by atoms with van der Waals surface area (Å²) in [6, 6.07) is 0. The van der Waals surface area contributed by atoms with Crippen molar-refractivity contribution >= 4 is 5.97 Å². The zero-order valence-corrected chi connectivity index (χ0v) is 15.3. The van der Waals surface area contributed by atoms with E-state index in [9.17, 15) is 35.4 Å². The summed E-state index contributed by atoms with van der Waals surface area (Å²) in [6.45, 7) is -1.23. The van der Waals surface area contributed by atoms with Crippen molar-refractivity contribution in [2.45, 2.75) is 61.4 Å². The van der Waals surface area contributed by atoms with E-state index in [1.165, 1.54) is 0 Å². The Bertz CT molecular complexity index is 518. The third-order valence-corrected chi connectivity index (χ3v) is 4.97. The van der Waals surface area contributed by atoms with Gasteiger partial charge in [0.1, 0.15) is 61.0 Å². The predicted molar refractivity (Wildman–Crippen MR) is 87.9 cm³/mol. The first kappa shape index (κ1) is 23.3. The third kappa shape index (κ3) is 4.79. The fourth-order valence-corrected chi connectivity index (χ4v) is 3.25. The van der Waals surface area contributed by atoms with Gasteiger partial charge in [-0.1, -0.05) is 0 Å². The lowest BCUT2D eigenvalue weighted by molar-refractivity contribution is -0.245. The van der Waals surface area contributed by atoms with Crippen LogP contribution in [0.15, 0.2) is 0 Å². The van der Waals surface area contributed by atoms with E-state index in [1.54, 1.807) is 0 Å². The van der Waals surface area contributed by atoms with Gasteiger partial charge in [0.25, 0.3) is 0 Å². The minimum Gasteiger partial charge on any atom is -0.463 e. The van der Waals surface area contributed by atoms with Crippen LogP contribution < -0.4 is 0 Å². The maximum Gasteiger partial charge on any atom is 0.302 e. The van der Waals surface area contributed by atoms with E-state index in [0.717, 1.165) is 6.92 Å². The molecule has 2 aliphatic rings. The molecule has 12 heteroatoms. The molecule has 0 aromatic rings. The maximum absolute atomic E-state index is 10.9. The Morgan fingerprint density at radius 1 is 0.929 bits per heavy atom. The van der Waals surface area contributed by atoms with Gasteiger partial charge >= 0.3 is 5.97 Å². The Hall–Kier alpha value is -0.930. The van der Waals surface area contributed by atoms with Gasteiger partial charge in [-0.15, -0.1) is 0 Å². The van der Waals surface area contributed by atoms with Gasteiger partial charge in [0, 0.05) is 6.92 Å². The molecule has 0 saturated carbocycles. The number of aliphatic hydroxyl groups excluding tert-OH is 7. The van der Waals surface area contributed by atoms with Gasteiger partial charge < -0.3 is 54.7 Å². The zero-order chi connectivity index (χ0) is 21.1. The number of carbonyl (C=O) groups excluding carboxylic acids is 1. The Kier molecular flexibility index (Phi) is 8.10. The molecular weight excluding hydrogens is 384 g/mol. The molecular formula is C16H28O12. The van der Waals surface area contributed by atoms with Gasteiger partial charge in [-0.3, -0.25) is 4.79 Å². The van der Waals surface area contributed by atoms with Gasteiger partial charge in [0.15, 0.2) is 0 Å². The molecule has 0 spiro atoms. The highest BCUT2D eigenvalue weighted by atomic mass is 16.6. The minimum atomic E-state index is -1.69. The lowest BCUT2D eigenvalue weighted by atomic mass is 9.95. The van der Waals surface area contributed by atoms with Crippen molar-refractivity contribution in [2.75, 3.05) is 33.0 Å². The van der Waals surface area contributed by atoms with Crippen LogP contribution in [0.2, 0.25) is 0 Å². The summed E-state index contributed by atoms with van der Waals surface area (Å²) in [6.07, 6.45) is -10.9. The lowest BCUT2D eigenvalue weighted by Crippen LogP contribution is -2.60. The van der Waals surface area contributed by atoms with Gasteiger partial charge in [-0.05, 0) is 0 Å². The van der Waals surface area contributed by atoms with Crippen molar-refractivity contribution in [3.8, 4) is 0 Å². The van der Waals surface area contributed by atoms with Crippen LogP contribution >= 0.6 is 0 Å². The third-order valence-electron chi connectivity index (χ3n) is 4.97. The number of aliphatic hydroxyl groups is 7. The SMILES string of the molecule is CC(=O)OCC1O[C@H](COC[C@]2(CO)O[C@H](CO)C(O)[C@H]2O)C(O)[C@H](O)[C@@H]1O. The zero-order valence-electron chi connectivity index (χ0n) is 15.3. The highest BCUT2D eigenvalue weighted by Gasteiger charge is 2.54. The second kappa shape index (κ2) is 9.71. The van der Waals surface area contributed by atoms with E-state index in [2.05, 4.69) is 0 Å². The van der Waals surface area contributed by atoms with E-state index in [4.69, 9.17) is 24.1 Å². The maximum atomic E-state index is 10.9. The summed E-state index contributed by atoms with van der Waals surface area (Å²) in [7, 11) is 0. The van der Waals surface area contributed by atoms with E-state index >= 15 is 0 Å². The van der Waals surface area contributed by atoms with Gasteiger partial charge in [-0.2, -0.15) is 0 Å². The van der Waals surface area contributed by atoms with Crippen LogP contribution in [-0.2, 0) is 23.7 Å². The van der Waals surface area contributed by atoms with Crippen molar-refractivity contribution in [2.24, 2.45) is 0 Å². The molecule has 2 saturated heterocycles. The van der Waals surface area contributed by atoms with Crippen molar-refractivity contribution in [1.82, 2.24) is 0 Å². The standard InChI is InChI=1S/C16H28O12/c1-7(19)26-4-10-12(21)14(23)11(20)9(27-10)3-25-6-16(5-18)15(24)13(22)8(2-17)28-16/h8-15,17-18,20-24H,2-6H2,1H3/t8-,9-,10?,11?,12-,13?,14+,15-,16+/m1/s1. The first-order valence-electron chi connectivity index (χ1n) is 8.83. The quantitative estimate of drug-likeness (QED) is 0.188. The Morgan fingerprint density at radius 3 is 2.04 bits per heavy atom. The molecule has 0 bridgehead atoms. The van der Waals surface area contributed by atoms with Crippen LogP contribution in [0.4, 0.5) is 0 Å². The first-order chi connectivity index (χ1) is 13.2. The molecule has 2 rings (SSSR count). The largest absolute Gasteiger partial charge is 0.463 e. The highest BCUT2D eigenvalue weighted by Crippen LogP contribution is 2.32. The summed E-state index contributed by atoms with van der Waals surface area (Å²) in [5.41, 5.74) is -1.69. The van der Waals surface area contributed by atoms with Crippen LogP contribution in [-0.4, -0.2) is 129 Å². The number of ether oxygens (including phenoxy) is 4. The molecule has 2 heterocycles. The molecule has 3 unspecified atom stereocenters. The smallest absolute Gasteiger partial charge is 0.302 e. The Morgan fingerprint density at radius 2 is 1.54 bits per heavy atom. The second-order valence-corrected chi connectivity index (χ2v) is 7.00. The Labute approximate surface area is 160 Å². The molecule has 0 amide bonds. The van der Waals surface area contributed by atoms with Gasteiger partial charge in [0.05, 0.1) is 26.4 Å². The van der Waals surface area contributed by atoms with Crippen molar-refractivity contribution < 1.29 is 59.5 Å². The van der Waals surface area contributed by atoms with E-state index in [0.29, 0.717) is 0 Å². The number of rotatable bonds is 8. The fraction of sp³-hybridized carbons (Fsp3) is 0.938. The first-order valence-corrected chi connectivity index (χ1v) is 8.83. The summed E-state index contributed by atoms with van der Waals surface area (Å²) < 4.78 is 20.9. The van der Waals surface area contributed by atoms with E-state index < -0.39 is 80.2 Å². The average molecular weight is 412 g/mol. The van der Waals surface area contributed by atoms with Crippen molar-refractivity contribution in [3.05, 3.63) is 0 Å². The van der Waals surface area contributed by atoms with Crippen LogP contribution in [0.25, 0.3) is 0 Å². The summed E-state index contributed by atoms with van der Waals surface area (Å²) in [4.78, 5) is 10.9. The second-order valence-electron chi connectivity index (χ2n) is 7.00. The van der Waals surface area contributed by atoms with Gasteiger partial charge in [0.2, 0.25) is 0 Å². The number of esters is 1. The summed E-state index contributed by atoms with van der Waals surface area (Å²) in [5, 5.41) is 68.7. The summed E-state index contributed by atoms with van der Waals surface area (Å²) in [5.74, 6) is -0.613. The fourth-order valence-electron chi connectivity index (χ4n) is 3.25. The number of hydrogen-bond acceptors (Lipinski definition) is 12. The Balaban J connectivity index is 1.95. The monoisotopic (exact) mass is 412 g/mol. The molecule has 0 radical (unpaired) electrons. The summed E-state index contributed by atoms with van der Waals surface area (Å²) >= 11 is 0. The topological polar surface area (TPSA) is 196 Å². The molecule has 0 aromatic carbocycles. The molecule has 9 atom stereocenters. The number of hydrogen-bond donors (Lipinski definition) is 7. The minimum absolute atomic E-state index is 0.334. The molecule has 0 aromatic heterocycles. The van der Waals surface area contributed by atoms with Crippen molar-refractivity contribution in [1.29, 1.82) is 0 Å². The van der Waals surface area contributed by atoms with Crippen LogP contribution in [0.5, 0.6) is 0 Å². The van der Waals surface area contributed by atoms with E-state index in [-0.39, 0.29) is 13.2 Å². The molecule has 2 fully saturated rings. The average Bonchev–Trinajstić information content (AvgIpc) is 2.92. The highest BCUT2D eigenvalue weighted by molar-refractivity contribution is 5.65. The molecule has 28 heavy (non-hydrogen) atoms. The predicted octanol–water partition coefficient (Wildman–Crippen LogP) is -4.74. The molecule has 7 N–H and O–H groups in total. The molecule has 2 aliphatic heterocycles. The molecule has 164 valence electrons. The van der Waals surface area contributed by atoms with Gasteiger partial charge in [-0.25, -0.2) is 0 Å². The van der Waals surface area contributed by atoms with Crippen molar-refractivity contribution in [3.63, 3.8) is 0 Å². The van der Waals surface area contributed by atoms with Crippen LogP contribution in [0.1, 0.15) is 6.92 Å². The normalized spacial score (nSPS) is 43.9. The molecule has 12 nitrogen and oxygen atoms in total. The molecule has 0 aliphatic carbocycles. The van der Waals surface area contributed by atoms with Crippen LogP contribution in [0, 0.1) is 0 Å². The van der Waals surface area contributed by atoms with E-state index in [1.807, 2.05) is 0 Å². The van der Waals surface area contributed by atoms with Crippen LogP contribution in [0.3, 0.4) is 0 Å².